The Labute approximate surface area is 106 Å². The van der Waals surface area contributed by atoms with Crippen LogP contribution in [0.25, 0.3) is 6.08 Å². The molecular formula is C13H19NO2S. The zero-order chi connectivity index (χ0) is 12.9. The van der Waals surface area contributed by atoms with Crippen LogP contribution in [0.2, 0.25) is 0 Å². The molecule has 0 aromatic carbocycles. The lowest BCUT2D eigenvalue weighted by atomic mass is 9.89. The number of hydrogen-bond acceptors (Lipinski definition) is 3. The SMILES string of the molecule is CC(C)(C)C(O)CNC(=O)/C=C/c1cccs1. The number of aliphatic hydroxyl groups is 1. The summed E-state index contributed by atoms with van der Waals surface area (Å²) < 4.78 is 0. The van der Waals surface area contributed by atoms with Crippen molar-refractivity contribution in [1.82, 2.24) is 5.32 Å². The van der Waals surface area contributed by atoms with E-state index in [1.54, 1.807) is 17.4 Å². The third kappa shape index (κ3) is 5.15. The van der Waals surface area contributed by atoms with Gasteiger partial charge in [0.15, 0.2) is 0 Å². The maximum Gasteiger partial charge on any atom is 0.244 e. The van der Waals surface area contributed by atoms with Crippen LogP contribution in [-0.2, 0) is 4.79 Å². The maximum absolute atomic E-state index is 11.5. The van der Waals surface area contributed by atoms with E-state index in [0.717, 1.165) is 4.88 Å². The molecule has 0 aliphatic heterocycles. The van der Waals surface area contributed by atoms with Crippen LogP contribution in [-0.4, -0.2) is 23.7 Å². The molecule has 2 N–H and O–H groups in total. The monoisotopic (exact) mass is 253 g/mol. The van der Waals surface area contributed by atoms with Crippen molar-refractivity contribution in [3.8, 4) is 0 Å². The first-order chi connectivity index (χ1) is 7.89. The van der Waals surface area contributed by atoms with Crippen molar-refractivity contribution in [2.45, 2.75) is 26.9 Å². The van der Waals surface area contributed by atoms with Gasteiger partial charge in [-0.2, -0.15) is 0 Å². The van der Waals surface area contributed by atoms with E-state index >= 15 is 0 Å². The Morgan fingerprint density at radius 1 is 1.59 bits per heavy atom. The number of hydrogen-bond donors (Lipinski definition) is 2. The number of carbonyl (C=O) groups excluding carboxylic acids is 1. The van der Waals surface area contributed by atoms with E-state index < -0.39 is 6.10 Å². The molecule has 1 amide bonds. The van der Waals surface area contributed by atoms with Gasteiger partial charge in [-0.15, -0.1) is 11.3 Å². The van der Waals surface area contributed by atoms with Crippen LogP contribution >= 0.6 is 11.3 Å². The summed E-state index contributed by atoms with van der Waals surface area (Å²) in [7, 11) is 0. The van der Waals surface area contributed by atoms with Crippen LogP contribution < -0.4 is 5.32 Å². The molecule has 1 heterocycles. The van der Waals surface area contributed by atoms with E-state index in [1.807, 2.05) is 38.3 Å². The van der Waals surface area contributed by atoms with E-state index in [0.29, 0.717) is 0 Å². The summed E-state index contributed by atoms with van der Waals surface area (Å²) in [6, 6.07) is 3.88. The van der Waals surface area contributed by atoms with Crippen LogP contribution in [0.3, 0.4) is 0 Å². The summed E-state index contributed by atoms with van der Waals surface area (Å²) >= 11 is 1.58. The predicted octanol–water partition coefficient (Wildman–Crippen LogP) is 2.28. The summed E-state index contributed by atoms with van der Waals surface area (Å²) in [6.07, 6.45) is 2.71. The number of carbonyl (C=O) groups is 1. The van der Waals surface area contributed by atoms with Crippen molar-refractivity contribution >= 4 is 23.3 Å². The van der Waals surface area contributed by atoms with Gasteiger partial charge >= 0.3 is 0 Å². The van der Waals surface area contributed by atoms with Crippen molar-refractivity contribution in [2.24, 2.45) is 5.41 Å². The number of nitrogens with one attached hydrogen (secondary N) is 1. The minimum absolute atomic E-state index is 0.179. The van der Waals surface area contributed by atoms with Gasteiger partial charge in [-0.05, 0) is 22.9 Å². The molecule has 0 aliphatic rings. The van der Waals surface area contributed by atoms with Crippen molar-refractivity contribution in [2.75, 3.05) is 6.54 Å². The first-order valence-corrected chi connectivity index (χ1v) is 6.45. The zero-order valence-electron chi connectivity index (χ0n) is 10.4. The Hall–Kier alpha value is -1.13. The lowest BCUT2D eigenvalue weighted by molar-refractivity contribution is -0.117. The third-order valence-corrected chi connectivity index (χ3v) is 3.25. The number of rotatable bonds is 4. The summed E-state index contributed by atoms with van der Waals surface area (Å²) in [4.78, 5) is 12.5. The summed E-state index contributed by atoms with van der Waals surface area (Å²) in [5.74, 6) is -0.179. The molecule has 0 aliphatic carbocycles. The first kappa shape index (κ1) is 13.9. The van der Waals surface area contributed by atoms with Gasteiger partial charge in [-0.25, -0.2) is 0 Å². The second-order valence-electron chi connectivity index (χ2n) is 4.98. The molecule has 0 spiro atoms. The second-order valence-corrected chi connectivity index (χ2v) is 5.96. The van der Waals surface area contributed by atoms with Gasteiger partial charge in [-0.1, -0.05) is 26.8 Å². The van der Waals surface area contributed by atoms with Crippen LogP contribution in [0.1, 0.15) is 25.6 Å². The highest BCUT2D eigenvalue weighted by Crippen LogP contribution is 2.18. The fourth-order valence-electron chi connectivity index (χ4n) is 1.11. The molecule has 0 fully saturated rings. The topological polar surface area (TPSA) is 49.3 Å². The molecule has 1 rings (SSSR count). The fraction of sp³-hybridized carbons (Fsp3) is 0.462. The van der Waals surface area contributed by atoms with Crippen LogP contribution in [0.4, 0.5) is 0 Å². The average Bonchev–Trinajstić information content (AvgIpc) is 2.74. The molecular weight excluding hydrogens is 234 g/mol. The molecule has 1 unspecified atom stereocenters. The Morgan fingerprint density at radius 2 is 2.29 bits per heavy atom. The summed E-state index contributed by atoms with van der Waals surface area (Å²) in [6.45, 7) is 6.08. The lowest BCUT2D eigenvalue weighted by Crippen LogP contribution is -2.38. The normalized spacial score (nSPS) is 13.9. The van der Waals surface area contributed by atoms with E-state index in [2.05, 4.69) is 5.32 Å². The van der Waals surface area contributed by atoms with Gasteiger partial charge in [0.1, 0.15) is 0 Å². The van der Waals surface area contributed by atoms with Crippen molar-refractivity contribution < 1.29 is 9.90 Å². The van der Waals surface area contributed by atoms with E-state index in [4.69, 9.17) is 0 Å². The van der Waals surface area contributed by atoms with Crippen molar-refractivity contribution in [3.05, 3.63) is 28.5 Å². The Morgan fingerprint density at radius 3 is 2.82 bits per heavy atom. The Balaban J connectivity index is 2.36. The molecule has 3 nitrogen and oxygen atoms in total. The summed E-state index contributed by atoms with van der Waals surface area (Å²) in [5.41, 5.74) is -0.218. The minimum atomic E-state index is -0.540. The van der Waals surface area contributed by atoms with Gasteiger partial charge in [0.05, 0.1) is 6.10 Å². The van der Waals surface area contributed by atoms with Crippen LogP contribution in [0.15, 0.2) is 23.6 Å². The first-order valence-electron chi connectivity index (χ1n) is 5.57. The van der Waals surface area contributed by atoms with E-state index in [-0.39, 0.29) is 17.9 Å². The maximum atomic E-state index is 11.5. The molecule has 0 bridgehead atoms. The second kappa shape index (κ2) is 5.98. The molecule has 1 aromatic rings. The minimum Gasteiger partial charge on any atom is -0.391 e. The molecule has 4 heteroatoms. The Bertz CT molecular complexity index is 377. The smallest absolute Gasteiger partial charge is 0.244 e. The molecule has 0 saturated carbocycles. The van der Waals surface area contributed by atoms with Crippen LogP contribution in [0.5, 0.6) is 0 Å². The molecule has 0 radical (unpaired) electrons. The Kier molecular flexibility index (Phi) is 4.90. The van der Waals surface area contributed by atoms with Crippen molar-refractivity contribution in [3.63, 3.8) is 0 Å². The predicted molar refractivity (Wildman–Crippen MR) is 71.8 cm³/mol. The molecule has 0 saturated heterocycles. The largest absolute Gasteiger partial charge is 0.391 e. The number of amides is 1. The lowest BCUT2D eigenvalue weighted by Gasteiger charge is -2.25. The van der Waals surface area contributed by atoms with E-state index in [1.165, 1.54) is 6.08 Å². The third-order valence-electron chi connectivity index (χ3n) is 2.41. The highest BCUT2D eigenvalue weighted by atomic mass is 32.1. The van der Waals surface area contributed by atoms with E-state index in [9.17, 15) is 9.90 Å². The zero-order valence-corrected chi connectivity index (χ0v) is 11.3. The fourth-order valence-corrected chi connectivity index (χ4v) is 1.72. The van der Waals surface area contributed by atoms with Crippen molar-refractivity contribution in [1.29, 1.82) is 0 Å². The average molecular weight is 253 g/mol. The van der Waals surface area contributed by atoms with Gasteiger partial charge in [0.25, 0.3) is 0 Å². The molecule has 1 atom stereocenters. The van der Waals surface area contributed by atoms with Crippen LogP contribution in [0, 0.1) is 5.41 Å². The quantitative estimate of drug-likeness (QED) is 0.809. The molecule has 94 valence electrons. The van der Waals surface area contributed by atoms with Gasteiger partial charge in [-0.3, -0.25) is 4.79 Å². The van der Waals surface area contributed by atoms with Gasteiger partial charge in [0.2, 0.25) is 5.91 Å². The summed E-state index contributed by atoms with van der Waals surface area (Å²) in [5, 5.41) is 14.4. The molecule has 17 heavy (non-hydrogen) atoms. The highest BCUT2D eigenvalue weighted by Gasteiger charge is 2.21. The van der Waals surface area contributed by atoms with Gasteiger partial charge < -0.3 is 10.4 Å². The number of aliphatic hydroxyl groups excluding tert-OH is 1. The molecule has 1 aromatic heterocycles. The highest BCUT2D eigenvalue weighted by molar-refractivity contribution is 7.10. The number of thiophene rings is 1. The van der Waals surface area contributed by atoms with Gasteiger partial charge in [0, 0.05) is 17.5 Å². The standard InChI is InChI=1S/C13H19NO2S/c1-13(2,3)11(15)9-14-12(16)7-6-10-5-4-8-17-10/h4-8,11,15H,9H2,1-3H3,(H,14,16)/b7-6+.